The van der Waals surface area contributed by atoms with E-state index < -0.39 is 35.1 Å². The fourth-order valence-corrected chi connectivity index (χ4v) is 1.88. The van der Waals surface area contributed by atoms with Crippen LogP contribution < -0.4 is 11.1 Å². The van der Waals surface area contributed by atoms with Crippen molar-refractivity contribution in [2.75, 3.05) is 5.32 Å². The first kappa shape index (κ1) is 16.2. The molecule has 0 bridgehead atoms. The zero-order valence-corrected chi connectivity index (χ0v) is 11.4. The second kappa shape index (κ2) is 5.88. The number of nitrogens with two attached hydrogens (primary N) is 1. The van der Waals surface area contributed by atoms with E-state index in [2.05, 4.69) is 10.3 Å². The number of para-hydroxylation sites is 1. The third-order valence-corrected chi connectivity index (χ3v) is 2.89. The van der Waals surface area contributed by atoms with Crippen LogP contribution in [-0.4, -0.2) is 4.98 Å². The number of nitrogens with zero attached hydrogens (tertiary/aromatic N) is 1. The lowest BCUT2D eigenvalue weighted by molar-refractivity contribution is -0.137. The predicted octanol–water partition coefficient (Wildman–Crippen LogP) is 4.14. The summed E-state index contributed by atoms with van der Waals surface area (Å²) >= 11 is 0. The van der Waals surface area contributed by atoms with Crippen molar-refractivity contribution in [1.82, 2.24) is 4.98 Å². The second-order valence-corrected chi connectivity index (χ2v) is 4.66. The lowest BCUT2D eigenvalue weighted by Crippen LogP contribution is -2.12. The van der Waals surface area contributed by atoms with E-state index in [1.807, 2.05) is 0 Å². The third kappa shape index (κ3) is 3.33. The lowest BCUT2D eigenvalue weighted by Gasteiger charge is -2.16. The highest BCUT2D eigenvalue weighted by atomic mass is 19.4. The van der Waals surface area contributed by atoms with Crippen molar-refractivity contribution in [3.63, 3.8) is 0 Å². The minimum absolute atomic E-state index is 0.0323. The molecule has 0 fully saturated rings. The average molecular weight is 317 g/mol. The SMILES string of the molecule is CC(N)c1ncc(Nc2c(F)cccc2C(F)(F)F)cc1F. The molecule has 1 atom stereocenters. The van der Waals surface area contributed by atoms with Gasteiger partial charge < -0.3 is 11.1 Å². The zero-order valence-electron chi connectivity index (χ0n) is 11.4. The summed E-state index contributed by atoms with van der Waals surface area (Å²) in [6.07, 6.45) is -3.66. The van der Waals surface area contributed by atoms with Gasteiger partial charge >= 0.3 is 6.18 Å². The molecule has 1 aromatic heterocycles. The number of hydrogen-bond donors (Lipinski definition) is 2. The van der Waals surface area contributed by atoms with Crippen molar-refractivity contribution in [2.24, 2.45) is 5.73 Å². The maximum absolute atomic E-state index is 13.7. The van der Waals surface area contributed by atoms with Gasteiger partial charge in [0.25, 0.3) is 0 Å². The number of alkyl halides is 3. The van der Waals surface area contributed by atoms with Crippen LogP contribution in [0, 0.1) is 11.6 Å². The quantitative estimate of drug-likeness (QED) is 0.837. The van der Waals surface area contributed by atoms with Gasteiger partial charge in [-0.15, -0.1) is 0 Å². The molecule has 0 amide bonds. The Balaban J connectivity index is 2.42. The Kier molecular flexibility index (Phi) is 4.32. The van der Waals surface area contributed by atoms with Gasteiger partial charge in [-0.05, 0) is 19.1 Å². The minimum Gasteiger partial charge on any atom is -0.351 e. The van der Waals surface area contributed by atoms with Crippen LogP contribution in [0.3, 0.4) is 0 Å². The fraction of sp³-hybridized carbons (Fsp3) is 0.214. The zero-order chi connectivity index (χ0) is 16.5. The third-order valence-electron chi connectivity index (χ3n) is 2.89. The smallest absolute Gasteiger partial charge is 0.351 e. The van der Waals surface area contributed by atoms with Crippen LogP contribution in [-0.2, 0) is 6.18 Å². The molecular weight excluding hydrogens is 305 g/mol. The Morgan fingerprint density at radius 2 is 1.86 bits per heavy atom. The number of nitrogens with one attached hydrogen (secondary N) is 1. The predicted molar refractivity (Wildman–Crippen MR) is 71.5 cm³/mol. The highest BCUT2D eigenvalue weighted by Gasteiger charge is 2.34. The van der Waals surface area contributed by atoms with Gasteiger partial charge in [0.15, 0.2) is 0 Å². The number of benzene rings is 1. The summed E-state index contributed by atoms with van der Waals surface area (Å²) in [5.41, 5.74) is 3.37. The Morgan fingerprint density at radius 1 is 1.18 bits per heavy atom. The topological polar surface area (TPSA) is 50.9 Å². The van der Waals surface area contributed by atoms with E-state index in [1.54, 1.807) is 0 Å². The summed E-state index contributed by atoms with van der Waals surface area (Å²) in [6, 6.07) is 2.79. The number of rotatable bonds is 3. The Labute approximate surface area is 123 Å². The highest BCUT2D eigenvalue weighted by molar-refractivity contribution is 5.64. The molecule has 0 aliphatic carbocycles. The van der Waals surface area contributed by atoms with Gasteiger partial charge in [0, 0.05) is 12.1 Å². The van der Waals surface area contributed by atoms with Gasteiger partial charge in [-0.3, -0.25) is 4.98 Å². The maximum Gasteiger partial charge on any atom is 0.418 e. The molecular formula is C14H12F5N3. The highest BCUT2D eigenvalue weighted by Crippen LogP contribution is 2.37. The summed E-state index contributed by atoms with van der Waals surface area (Å²) < 4.78 is 66.0. The number of hydrogen-bond acceptors (Lipinski definition) is 3. The normalized spacial score (nSPS) is 13.0. The minimum atomic E-state index is -4.75. The van der Waals surface area contributed by atoms with E-state index in [0.29, 0.717) is 0 Å². The summed E-state index contributed by atoms with van der Waals surface area (Å²) in [5, 5.41) is 2.22. The van der Waals surface area contributed by atoms with Gasteiger partial charge in [0.2, 0.25) is 0 Å². The molecule has 8 heteroatoms. The van der Waals surface area contributed by atoms with Gasteiger partial charge in [0.05, 0.1) is 28.8 Å². The van der Waals surface area contributed by atoms with Gasteiger partial charge in [-0.25, -0.2) is 8.78 Å². The first-order valence-electron chi connectivity index (χ1n) is 6.24. The van der Waals surface area contributed by atoms with Crippen LogP contribution in [0.4, 0.5) is 33.3 Å². The molecule has 0 saturated heterocycles. The Hall–Kier alpha value is -2.22. The Morgan fingerprint density at radius 3 is 2.41 bits per heavy atom. The van der Waals surface area contributed by atoms with Crippen molar-refractivity contribution in [3.8, 4) is 0 Å². The van der Waals surface area contributed by atoms with E-state index in [1.165, 1.54) is 6.92 Å². The van der Waals surface area contributed by atoms with Gasteiger partial charge in [-0.2, -0.15) is 13.2 Å². The molecule has 22 heavy (non-hydrogen) atoms. The number of aromatic nitrogens is 1. The molecule has 0 aliphatic heterocycles. The summed E-state index contributed by atoms with van der Waals surface area (Å²) in [6.45, 7) is 1.51. The van der Waals surface area contributed by atoms with Crippen molar-refractivity contribution in [1.29, 1.82) is 0 Å². The van der Waals surface area contributed by atoms with E-state index in [0.717, 1.165) is 30.5 Å². The Bertz CT molecular complexity index is 683. The van der Waals surface area contributed by atoms with Crippen molar-refractivity contribution in [2.45, 2.75) is 19.1 Å². The summed E-state index contributed by atoms with van der Waals surface area (Å²) in [5.74, 6) is -1.89. The maximum atomic E-state index is 13.7. The molecule has 1 heterocycles. The molecule has 3 N–H and O–H groups in total. The van der Waals surface area contributed by atoms with Crippen LogP contribution in [0.2, 0.25) is 0 Å². The van der Waals surface area contributed by atoms with E-state index >= 15 is 0 Å². The van der Waals surface area contributed by atoms with Crippen molar-refractivity contribution in [3.05, 3.63) is 53.4 Å². The molecule has 0 saturated carbocycles. The lowest BCUT2D eigenvalue weighted by atomic mass is 10.1. The first-order valence-corrected chi connectivity index (χ1v) is 6.24. The second-order valence-electron chi connectivity index (χ2n) is 4.66. The van der Waals surface area contributed by atoms with E-state index in [-0.39, 0.29) is 11.4 Å². The van der Waals surface area contributed by atoms with Crippen LogP contribution in [0.1, 0.15) is 24.2 Å². The molecule has 3 nitrogen and oxygen atoms in total. The van der Waals surface area contributed by atoms with Crippen molar-refractivity contribution < 1.29 is 22.0 Å². The molecule has 118 valence electrons. The standard InChI is InChI=1S/C14H12F5N3/c1-7(20)12-11(16)5-8(6-21-12)22-13-9(14(17,18)19)3-2-4-10(13)15/h2-7,22H,20H2,1H3. The van der Waals surface area contributed by atoms with E-state index in [9.17, 15) is 22.0 Å². The van der Waals surface area contributed by atoms with Gasteiger partial charge in [-0.1, -0.05) is 6.07 Å². The summed E-state index contributed by atoms with van der Waals surface area (Å²) in [7, 11) is 0. The van der Waals surface area contributed by atoms with Crippen molar-refractivity contribution >= 4 is 11.4 Å². The number of anilines is 2. The summed E-state index contributed by atoms with van der Waals surface area (Å²) in [4.78, 5) is 3.73. The molecule has 1 aromatic carbocycles. The molecule has 2 aromatic rings. The monoisotopic (exact) mass is 317 g/mol. The van der Waals surface area contributed by atoms with Crippen LogP contribution in [0.15, 0.2) is 30.5 Å². The largest absolute Gasteiger partial charge is 0.418 e. The molecule has 1 unspecified atom stereocenters. The molecule has 0 spiro atoms. The number of halogens is 5. The molecule has 0 aliphatic rings. The molecule has 0 radical (unpaired) electrons. The van der Waals surface area contributed by atoms with E-state index in [4.69, 9.17) is 5.73 Å². The average Bonchev–Trinajstić information content (AvgIpc) is 2.39. The van der Waals surface area contributed by atoms with Crippen LogP contribution >= 0.6 is 0 Å². The van der Waals surface area contributed by atoms with Crippen LogP contribution in [0.5, 0.6) is 0 Å². The van der Waals surface area contributed by atoms with Crippen LogP contribution in [0.25, 0.3) is 0 Å². The number of pyridine rings is 1. The van der Waals surface area contributed by atoms with Gasteiger partial charge in [0.1, 0.15) is 11.6 Å². The molecule has 2 rings (SSSR count). The fourth-order valence-electron chi connectivity index (χ4n) is 1.88. The first-order chi connectivity index (χ1) is 10.2.